The van der Waals surface area contributed by atoms with E-state index in [0.717, 1.165) is 17.1 Å². The molecule has 5 heteroatoms. The Morgan fingerprint density at radius 2 is 2.15 bits per heavy atom. The van der Waals surface area contributed by atoms with E-state index in [1.54, 1.807) is 25.3 Å². The van der Waals surface area contributed by atoms with Gasteiger partial charge in [0.25, 0.3) is 0 Å². The molecular weight excluding hydrogens is 274 g/mol. The Morgan fingerprint density at radius 1 is 1.35 bits per heavy atom. The van der Waals surface area contributed by atoms with Gasteiger partial charge in [-0.3, -0.25) is 4.98 Å². The summed E-state index contributed by atoms with van der Waals surface area (Å²) in [5, 5.41) is 12.8. The fourth-order valence-electron chi connectivity index (χ4n) is 1.86. The first-order valence-corrected chi connectivity index (χ1v) is 6.45. The monoisotopic (exact) mass is 287 g/mol. The van der Waals surface area contributed by atoms with Crippen molar-refractivity contribution < 1.29 is 4.74 Å². The summed E-state index contributed by atoms with van der Waals surface area (Å²) >= 11 is 5.94. The molecule has 1 heterocycles. The second kappa shape index (κ2) is 6.27. The van der Waals surface area contributed by atoms with Crippen LogP contribution in [0.5, 0.6) is 5.75 Å². The second-order valence-electron chi connectivity index (χ2n) is 4.29. The quantitative estimate of drug-likeness (QED) is 0.934. The highest BCUT2D eigenvalue weighted by Gasteiger charge is 2.05. The number of aromatic nitrogens is 1. The zero-order valence-corrected chi connectivity index (χ0v) is 12.0. The summed E-state index contributed by atoms with van der Waals surface area (Å²) in [6.07, 6.45) is 0. The summed E-state index contributed by atoms with van der Waals surface area (Å²) < 4.78 is 5.21. The minimum absolute atomic E-state index is 0.493. The topological polar surface area (TPSA) is 57.9 Å². The Labute approximate surface area is 123 Å². The predicted octanol–water partition coefficient (Wildman–Crippen LogP) is 3.54. The molecule has 2 aromatic rings. The van der Waals surface area contributed by atoms with E-state index in [0.29, 0.717) is 22.8 Å². The van der Waals surface area contributed by atoms with Crippen molar-refractivity contribution in [2.45, 2.75) is 13.5 Å². The van der Waals surface area contributed by atoms with Crippen LogP contribution in [0.1, 0.15) is 17.0 Å². The van der Waals surface area contributed by atoms with Gasteiger partial charge in [-0.2, -0.15) is 5.26 Å². The number of rotatable bonds is 4. The number of hydrogen-bond acceptors (Lipinski definition) is 4. The van der Waals surface area contributed by atoms with Crippen molar-refractivity contribution in [3.05, 3.63) is 52.3 Å². The summed E-state index contributed by atoms with van der Waals surface area (Å²) in [7, 11) is 1.62. The number of benzene rings is 1. The second-order valence-corrected chi connectivity index (χ2v) is 4.73. The van der Waals surface area contributed by atoms with Crippen molar-refractivity contribution in [3.63, 3.8) is 0 Å². The maximum atomic E-state index is 9.06. The minimum Gasteiger partial charge on any atom is -0.497 e. The van der Waals surface area contributed by atoms with E-state index in [1.807, 2.05) is 19.1 Å². The van der Waals surface area contributed by atoms with Crippen LogP contribution in [0.2, 0.25) is 5.02 Å². The Balaban J connectivity index is 2.19. The average molecular weight is 288 g/mol. The first-order chi connectivity index (χ1) is 9.62. The van der Waals surface area contributed by atoms with Crippen LogP contribution >= 0.6 is 11.6 Å². The highest BCUT2D eigenvalue weighted by atomic mass is 35.5. The molecule has 0 fully saturated rings. The van der Waals surface area contributed by atoms with Gasteiger partial charge in [-0.25, -0.2) is 0 Å². The predicted molar refractivity (Wildman–Crippen MR) is 79.0 cm³/mol. The number of nitrogens with one attached hydrogen (secondary N) is 1. The maximum Gasteiger partial charge on any atom is 0.122 e. The molecule has 2 rings (SSSR count). The first-order valence-electron chi connectivity index (χ1n) is 6.07. The largest absolute Gasteiger partial charge is 0.497 e. The van der Waals surface area contributed by atoms with E-state index in [-0.39, 0.29) is 0 Å². The molecule has 1 aromatic carbocycles. The molecule has 0 aliphatic rings. The molecule has 0 bridgehead atoms. The zero-order chi connectivity index (χ0) is 14.5. The van der Waals surface area contributed by atoms with Gasteiger partial charge in [0.1, 0.15) is 11.8 Å². The number of pyridine rings is 1. The van der Waals surface area contributed by atoms with E-state index in [2.05, 4.69) is 16.4 Å². The Morgan fingerprint density at radius 3 is 2.85 bits per heavy atom. The maximum absolute atomic E-state index is 9.06. The molecule has 0 radical (unpaired) electrons. The third-order valence-electron chi connectivity index (χ3n) is 2.78. The van der Waals surface area contributed by atoms with Gasteiger partial charge in [-0.1, -0.05) is 11.6 Å². The van der Waals surface area contributed by atoms with E-state index < -0.39 is 0 Å². The zero-order valence-electron chi connectivity index (χ0n) is 11.3. The van der Waals surface area contributed by atoms with Crippen LogP contribution in [0.25, 0.3) is 0 Å². The fourth-order valence-corrected chi connectivity index (χ4v) is 2.03. The first kappa shape index (κ1) is 14.2. The lowest BCUT2D eigenvalue weighted by molar-refractivity contribution is 0.413. The lowest BCUT2D eigenvalue weighted by atomic mass is 10.2. The van der Waals surface area contributed by atoms with Crippen molar-refractivity contribution in [1.29, 1.82) is 5.26 Å². The summed E-state index contributed by atoms with van der Waals surface area (Å²) in [6, 6.07) is 11.0. The molecule has 0 unspecified atom stereocenters. The number of aryl methyl sites for hydroxylation is 1. The summed E-state index contributed by atoms with van der Waals surface area (Å²) in [5.74, 6) is 0.765. The van der Waals surface area contributed by atoms with Crippen LogP contribution in [-0.4, -0.2) is 12.1 Å². The number of methoxy groups -OCH3 is 1. The van der Waals surface area contributed by atoms with Crippen molar-refractivity contribution in [2.24, 2.45) is 0 Å². The third-order valence-corrected chi connectivity index (χ3v) is 3.01. The summed E-state index contributed by atoms with van der Waals surface area (Å²) in [5.41, 5.74) is 2.97. The summed E-state index contributed by atoms with van der Waals surface area (Å²) in [6.45, 7) is 2.40. The van der Waals surface area contributed by atoms with Gasteiger partial charge in [0.05, 0.1) is 30.6 Å². The van der Waals surface area contributed by atoms with Crippen molar-refractivity contribution in [2.75, 3.05) is 12.4 Å². The van der Waals surface area contributed by atoms with Gasteiger partial charge in [0.2, 0.25) is 0 Å². The fraction of sp³-hybridized carbons (Fsp3) is 0.200. The van der Waals surface area contributed by atoms with Gasteiger partial charge in [-0.15, -0.1) is 0 Å². The molecule has 1 N–H and O–H groups in total. The minimum atomic E-state index is 0.493. The molecule has 102 valence electrons. The lowest BCUT2D eigenvalue weighted by Crippen LogP contribution is -2.04. The van der Waals surface area contributed by atoms with Gasteiger partial charge in [0.15, 0.2) is 0 Å². The van der Waals surface area contributed by atoms with Crippen molar-refractivity contribution in [3.8, 4) is 11.8 Å². The van der Waals surface area contributed by atoms with Gasteiger partial charge in [-0.05, 0) is 25.1 Å². The normalized spacial score (nSPS) is 9.90. The SMILES string of the molecule is COc1cc(C)nc(CNc2cc(Cl)ccc2C#N)c1. The third kappa shape index (κ3) is 3.40. The number of nitrogens with zero attached hydrogens (tertiary/aromatic N) is 2. The van der Waals surface area contributed by atoms with Gasteiger partial charge < -0.3 is 10.1 Å². The molecular formula is C15H14ClN3O. The van der Waals surface area contributed by atoms with Crippen molar-refractivity contribution in [1.82, 2.24) is 4.98 Å². The molecule has 0 aliphatic heterocycles. The Hall–Kier alpha value is -2.25. The van der Waals surface area contributed by atoms with E-state index in [1.165, 1.54) is 0 Å². The molecule has 1 aromatic heterocycles. The molecule has 20 heavy (non-hydrogen) atoms. The average Bonchev–Trinajstić information content (AvgIpc) is 2.44. The van der Waals surface area contributed by atoms with E-state index >= 15 is 0 Å². The number of ether oxygens (including phenoxy) is 1. The Kier molecular flexibility index (Phi) is 4.44. The molecule has 0 saturated heterocycles. The highest BCUT2D eigenvalue weighted by Crippen LogP contribution is 2.21. The van der Waals surface area contributed by atoms with Crippen LogP contribution in [0.3, 0.4) is 0 Å². The van der Waals surface area contributed by atoms with Crippen LogP contribution in [0.15, 0.2) is 30.3 Å². The number of nitriles is 1. The number of hydrogen-bond donors (Lipinski definition) is 1. The molecule has 0 saturated carbocycles. The molecule has 4 nitrogen and oxygen atoms in total. The van der Waals surface area contributed by atoms with Crippen molar-refractivity contribution >= 4 is 17.3 Å². The van der Waals surface area contributed by atoms with E-state index in [4.69, 9.17) is 21.6 Å². The molecule has 0 amide bonds. The highest BCUT2D eigenvalue weighted by molar-refractivity contribution is 6.30. The molecule has 0 spiro atoms. The van der Waals surface area contributed by atoms with Crippen LogP contribution in [-0.2, 0) is 6.54 Å². The number of anilines is 1. The standard InChI is InChI=1S/C15H14ClN3O/c1-10-5-14(20-2)7-13(19-10)9-18-15-6-12(16)4-3-11(15)8-17/h3-7,18H,9H2,1-2H3. The molecule has 0 atom stereocenters. The van der Waals surface area contributed by atoms with Gasteiger partial charge in [0, 0.05) is 22.8 Å². The van der Waals surface area contributed by atoms with E-state index in [9.17, 15) is 0 Å². The lowest BCUT2D eigenvalue weighted by Gasteiger charge is -2.10. The van der Waals surface area contributed by atoms with Crippen LogP contribution in [0, 0.1) is 18.3 Å². The number of halogens is 1. The Bertz CT molecular complexity index is 665. The van der Waals surface area contributed by atoms with Crippen LogP contribution < -0.4 is 10.1 Å². The van der Waals surface area contributed by atoms with Gasteiger partial charge >= 0.3 is 0 Å². The molecule has 0 aliphatic carbocycles. The summed E-state index contributed by atoms with van der Waals surface area (Å²) in [4.78, 5) is 4.42. The smallest absolute Gasteiger partial charge is 0.122 e. The van der Waals surface area contributed by atoms with Crippen LogP contribution in [0.4, 0.5) is 5.69 Å².